The molecule has 1 aliphatic heterocycles. The van der Waals surface area contributed by atoms with Crippen molar-refractivity contribution in [1.29, 1.82) is 0 Å². The third-order valence-electron chi connectivity index (χ3n) is 6.06. The molecule has 8 nitrogen and oxygen atoms in total. The molecule has 5 rings (SSSR count). The first-order chi connectivity index (χ1) is 15.3. The van der Waals surface area contributed by atoms with Crippen LogP contribution in [0.1, 0.15) is 12.0 Å². The molecule has 1 fully saturated rings. The topological polar surface area (TPSA) is 81.6 Å². The number of hydrogen-bond donors (Lipinski definition) is 0. The highest BCUT2D eigenvalue weighted by molar-refractivity contribution is 7.91. The van der Waals surface area contributed by atoms with Crippen molar-refractivity contribution in [3.05, 3.63) is 75.3 Å². The van der Waals surface area contributed by atoms with Gasteiger partial charge in [-0.15, -0.1) is 5.10 Å². The molecule has 3 heterocycles. The van der Waals surface area contributed by atoms with Gasteiger partial charge < -0.3 is 0 Å². The largest absolute Gasteiger partial charge is 0.283 e. The molecule has 2 aromatic carbocycles. The fourth-order valence-electron chi connectivity index (χ4n) is 4.32. The Morgan fingerprint density at radius 3 is 2.56 bits per heavy atom. The van der Waals surface area contributed by atoms with Crippen molar-refractivity contribution in [2.75, 3.05) is 18.6 Å². The number of hydrogen-bond acceptors (Lipinski definition) is 6. The first-order valence-electron chi connectivity index (χ1n) is 10.4. The normalized spacial score (nSPS) is 18.1. The van der Waals surface area contributed by atoms with Gasteiger partial charge in [-0.2, -0.15) is 0 Å². The Morgan fingerprint density at radius 1 is 1.12 bits per heavy atom. The second kappa shape index (κ2) is 7.95. The molecular formula is C22H23N5O3S2. The van der Waals surface area contributed by atoms with E-state index >= 15 is 0 Å². The van der Waals surface area contributed by atoms with Crippen molar-refractivity contribution in [3.63, 3.8) is 0 Å². The van der Waals surface area contributed by atoms with Crippen molar-refractivity contribution in [3.8, 4) is 0 Å². The lowest BCUT2D eigenvalue weighted by Crippen LogP contribution is -2.34. The molecule has 1 saturated heterocycles. The quantitative estimate of drug-likeness (QED) is 0.417. The molecule has 1 aliphatic rings. The molecule has 10 heteroatoms. The van der Waals surface area contributed by atoms with Gasteiger partial charge in [0.15, 0.2) is 9.84 Å². The van der Waals surface area contributed by atoms with Gasteiger partial charge >= 0.3 is 0 Å². The molecule has 0 N–H and O–H groups in total. The molecule has 1 unspecified atom stereocenters. The molecule has 1 atom stereocenters. The van der Waals surface area contributed by atoms with E-state index in [1.807, 2.05) is 64.9 Å². The summed E-state index contributed by atoms with van der Waals surface area (Å²) in [5.41, 5.74) is 1.57. The van der Waals surface area contributed by atoms with Crippen LogP contribution in [0.4, 0.5) is 0 Å². The molecule has 2 aromatic heterocycles. The molecule has 0 spiro atoms. The third kappa shape index (κ3) is 3.68. The summed E-state index contributed by atoms with van der Waals surface area (Å²) in [7, 11) is -1.11. The Balaban J connectivity index is 1.64. The van der Waals surface area contributed by atoms with Crippen LogP contribution in [-0.4, -0.2) is 56.7 Å². The molecule has 166 valence electrons. The lowest BCUT2D eigenvalue weighted by Gasteiger charge is -2.22. The Hall–Kier alpha value is -2.82. The van der Waals surface area contributed by atoms with Gasteiger partial charge in [-0.25, -0.2) is 13.1 Å². The summed E-state index contributed by atoms with van der Waals surface area (Å²) in [6.07, 6.45) is 0.598. The zero-order valence-electron chi connectivity index (χ0n) is 17.6. The Labute approximate surface area is 190 Å². The smallest absolute Gasteiger partial charge is 0.263 e. The first-order valence-corrected chi connectivity index (χ1v) is 12.6. The minimum atomic E-state index is -2.99. The third-order valence-corrected chi connectivity index (χ3v) is 8.20. The van der Waals surface area contributed by atoms with Crippen LogP contribution in [-0.2, 0) is 23.1 Å². The van der Waals surface area contributed by atoms with Crippen molar-refractivity contribution in [1.82, 2.24) is 23.6 Å². The molecular weight excluding hydrogens is 446 g/mol. The van der Waals surface area contributed by atoms with Gasteiger partial charge in [0.1, 0.15) is 0 Å². The van der Waals surface area contributed by atoms with E-state index in [-0.39, 0.29) is 23.1 Å². The fourth-order valence-corrected chi connectivity index (χ4v) is 6.40. The number of rotatable bonds is 5. The lowest BCUT2D eigenvalue weighted by molar-refractivity contribution is 0.197. The SMILES string of the molecule is CN(Cn1nc2n(Cc3ccccc3)c(=O)c3ccccc3n2c1=S)C1CCS(=O)(=O)C1. The maximum absolute atomic E-state index is 13.4. The number of sulfone groups is 1. The van der Waals surface area contributed by atoms with Gasteiger partial charge in [0, 0.05) is 6.04 Å². The number of para-hydroxylation sites is 1. The maximum atomic E-state index is 13.4. The zero-order chi connectivity index (χ0) is 22.5. The highest BCUT2D eigenvalue weighted by Crippen LogP contribution is 2.19. The highest BCUT2D eigenvalue weighted by atomic mass is 32.2. The van der Waals surface area contributed by atoms with E-state index in [1.54, 1.807) is 15.3 Å². The Kier molecular flexibility index (Phi) is 5.23. The van der Waals surface area contributed by atoms with Crippen LogP contribution in [0.3, 0.4) is 0 Å². The van der Waals surface area contributed by atoms with E-state index < -0.39 is 9.84 Å². The molecule has 0 bridgehead atoms. The minimum Gasteiger partial charge on any atom is -0.283 e. The van der Waals surface area contributed by atoms with Crippen LogP contribution in [0.5, 0.6) is 0 Å². The highest BCUT2D eigenvalue weighted by Gasteiger charge is 2.31. The van der Waals surface area contributed by atoms with Gasteiger partial charge in [0.05, 0.1) is 35.6 Å². The van der Waals surface area contributed by atoms with Gasteiger partial charge in [-0.1, -0.05) is 42.5 Å². The average Bonchev–Trinajstić information content (AvgIpc) is 3.31. The average molecular weight is 470 g/mol. The fraction of sp³-hybridized carbons (Fsp3) is 0.318. The summed E-state index contributed by atoms with van der Waals surface area (Å²) in [6, 6.07) is 17.1. The Bertz CT molecular complexity index is 1540. The number of benzene rings is 2. The van der Waals surface area contributed by atoms with Crippen LogP contribution >= 0.6 is 12.2 Å². The van der Waals surface area contributed by atoms with E-state index in [4.69, 9.17) is 17.3 Å². The number of fused-ring (bicyclic) bond motifs is 3. The summed E-state index contributed by atoms with van der Waals surface area (Å²) in [4.78, 5) is 15.3. The minimum absolute atomic E-state index is 0.0741. The van der Waals surface area contributed by atoms with Gasteiger partial charge in [0.25, 0.3) is 5.56 Å². The molecule has 4 aromatic rings. The van der Waals surface area contributed by atoms with Crippen molar-refractivity contribution in [2.24, 2.45) is 0 Å². The van der Waals surface area contributed by atoms with E-state index in [9.17, 15) is 13.2 Å². The summed E-state index contributed by atoms with van der Waals surface area (Å²) >= 11 is 5.76. The van der Waals surface area contributed by atoms with Gasteiger partial charge in [-0.3, -0.25) is 18.7 Å². The monoisotopic (exact) mass is 469 g/mol. The molecule has 0 amide bonds. The first kappa shape index (κ1) is 21.0. The van der Waals surface area contributed by atoms with Crippen LogP contribution in [0.2, 0.25) is 0 Å². The number of aromatic nitrogens is 4. The van der Waals surface area contributed by atoms with Gasteiger partial charge in [-0.05, 0) is 43.4 Å². The molecule has 0 radical (unpaired) electrons. The van der Waals surface area contributed by atoms with Crippen LogP contribution in [0.15, 0.2) is 59.4 Å². The van der Waals surface area contributed by atoms with E-state index in [1.165, 1.54) is 0 Å². The van der Waals surface area contributed by atoms with Crippen LogP contribution < -0.4 is 5.56 Å². The van der Waals surface area contributed by atoms with Crippen molar-refractivity contribution in [2.45, 2.75) is 25.7 Å². The van der Waals surface area contributed by atoms with E-state index in [0.717, 1.165) is 5.56 Å². The predicted molar refractivity (Wildman–Crippen MR) is 126 cm³/mol. The summed E-state index contributed by atoms with van der Waals surface area (Å²) in [5.74, 6) is 0.820. The van der Waals surface area contributed by atoms with Gasteiger partial charge in [0.2, 0.25) is 10.5 Å². The molecule has 0 saturated carbocycles. The van der Waals surface area contributed by atoms with Crippen molar-refractivity contribution >= 4 is 38.7 Å². The predicted octanol–water partition coefficient (Wildman–Crippen LogP) is 2.30. The summed E-state index contributed by atoms with van der Waals surface area (Å²) in [5, 5.41) is 5.29. The molecule has 0 aliphatic carbocycles. The maximum Gasteiger partial charge on any atom is 0.263 e. The van der Waals surface area contributed by atoms with Crippen LogP contribution in [0.25, 0.3) is 16.7 Å². The van der Waals surface area contributed by atoms with E-state index in [0.29, 0.717) is 41.1 Å². The standard InChI is InChI=1S/C22H23N5O3S2/c1-24(17-11-12-32(29,30)14-17)15-26-22(31)27-19-10-6-5-9-18(19)20(28)25(21(27)23-26)13-16-7-3-2-4-8-16/h2-10,17H,11-15H2,1H3. The van der Waals surface area contributed by atoms with E-state index in [2.05, 4.69) is 0 Å². The zero-order valence-corrected chi connectivity index (χ0v) is 19.2. The van der Waals surface area contributed by atoms with Crippen molar-refractivity contribution < 1.29 is 8.42 Å². The number of nitrogens with zero attached hydrogens (tertiary/aromatic N) is 5. The Morgan fingerprint density at radius 2 is 1.84 bits per heavy atom. The second-order valence-corrected chi connectivity index (χ2v) is 10.9. The summed E-state index contributed by atoms with van der Waals surface area (Å²) in [6.45, 7) is 0.713. The lowest BCUT2D eigenvalue weighted by atomic mass is 10.2. The summed E-state index contributed by atoms with van der Waals surface area (Å²) < 4.78 is 29.4. The molecule has 32 heavy (non-hydrogen) atoms. The second-order valence-electron chi connectivity index (χ2n) is 8.27. The van der Waals surface area contributed by atoms with Crippen LogP contribution in [0, 0.1) is 4.77 Å².